The number of carbonyl (C=O) groups is 1. The first-order chi connectivity index (χ1) is 10.3. The molecule has 0 aliphatic heterocycles. The van der Waals surface area contributed by atoms with Crippen LogP contribution in [0.4, 0.5) is 14.5 Å². The van der Waals surface area contributed by atoms with E-state index in [0.717, 1.165) is 18.3 Å². The third-order valence-corrected chi connectivity index (χ3v) is 3.19. The summed E-state index contributed by atoms with van der Waals surface area (Å²) in [5.74, 6) is -4.61. The van der Waals surface area contributed by atoms with E-state index in [1.807, 2.05) is 0 Å². The number of hydrogen-bond acceptors (Lipinski definition) is 3. The maximum absolute atomic E-state index is 13.9. The second-order valence-electron chi connectivity index (χ2n) is 4.14. The number of aromatic carboxylic acids is 1. The summed E-state index contributed by atoms with van der Waals surface area (Å²) in [6.07, 6.45) is 1.04. The fraction of sp³-hybridized carbons (Fsp3) is 0. The zero-order chi connectivity index (χ0) is 16.4. The van der Waals surface area contributed by atoms with Gasteiger partial charge in [0, 0.05) is 16.8 Å². The summed E-state index contributed by atoms with van der Waals surface area (Å²) in [7, 11) is 0. The lowest BCUT2D eigenvalue weighted by atomic mass is 10.1. The fourth-order valence-corrected chi connectivity index (χ4v) is 2.17. The molecule has 0 heterocycles. The molecule has 0 saturated carbocycles. The first-order valence-corrected chi connectivity index (χ1v) is 6.50. The van der Waals surface area contributed by atoms with E-state index in [1.54, 1.807) is 0 Å². The molecular weight excluding hydrogens is 339 g/mol. The normalized spacial score (nSPS) is 11.1. The van der Waals surface area contributed by atoms with E-state index in [-0.39, 0.29) is 21.4 Å². The molecule has 0 unspecified atom stereocenters. The molecule has 2 rings (SSSR count). The monoisotopic (exact) mass is 345 g/mol. The van der Waals surface area contributed by atoms with Gasteiger partial charge in [0.2, 0.25) is 0 Å². The SMILES string of the molecule is O=C(O)c1c(F)ccc(N=Cc2cc(Cl)cc(Cl)c2O)c1F. The molecule has 2 aromatic carbocycles. The molecule has 0 aliphatic rings. The third-order valence-electron chi connectivity index (χ3n) is 2.68. The summed E-state index contributed by atoms with van der Waals surface area (Å²) in [4.78, 5) is 14.5. The van der Waals surface area contributed by atoms with Gasteiger partial charge >= 0.3 is 5.97 Å². The van der Waals surface area contributed by atoms with Crippen molar-refractivity contribution in [2.75, 3.05) is 0 Å². The van der Waals surface area contributed by atoms with Gasteiger partial charge in [-0.2, -0.15) is 0 Å². The van der Waals surface area contributed by atoms with Crippen molar-refractivity contribution in [2.24, 2.45) is 4.99 Å². The number of aliphatic imine (C=N–C) groups is 1. The van der Waals surface area contributed by atoms with Crippen LogP contribution in [0.25, 0.3) is 0 Å². The van der Waals surface area contributed by atoms with E-state index < -0.39 is 28.9 Å². The molecule has 114 valence electrons. The lowest BCUT2D eigenvalue weighted by molar-refractivity contribution is 0.0686. The van der Waals surface area contributed by atoms with E-state index in [9.17, 15) is 18.7 Å². The molecule has 0 aliphatic carbocycles. The topological polar surface area (TPSA) is 69.9 Å². The summed E-state index contributed by atoms with van der Waals surface area (Å²) < 4.78 is 27.2. The smallest absolute Gasteiger partial charge is 0.341 e. The van der Waals surface area contributed by atoms with Crippen molar-refractivity contribution in [2.45, 2.75) is 0 Å². The van der Waals surface area contributed by atoms with Crippen molar-refractivity contribution < 1.29 is 23.8 Å². The Morgan fingerprint density at radius 3 is 2.55 bits per heavy atom. The Labute approximate surface area is 133 Å². The van der Waals surface area contributed by atoms with E-state index >= 15 is 0 Å². The Hall–Kier alpha value is -2.18. The molecule has 22 heavy (non-hydrogen) atoms. The minimum Gasteiger partial charge on any atom is -0.506 e. The van der Waals surface area contributed by atoms with Crippen LogP contribution >= 0.6 is 23.2 Å². The van der Waals surface area contributed by atoms with Crippen LogP contribution in [0.3, 0.4) is 0 Å². The number of benzene rings is 2. The Balaban J connectivity index is 2.48. The van der Waals surface area contributed by atoms with Gasteiger partial charge in [-0.05, 0) is 24.3 Å². The molecule has 2 aromatic rings. The number of phenols is 1. The number of rotatable bonds is 3. The second kappa shape index (κ2) is 6.29. The largest absolute Gasteiger partial charge is 0.506 e. The summed E-state index contributed by atoms with van der Waals surface area (Å²) in [5, 5.41) is 18.7. The standard InChI is InChI=1S/C14H7Cl2F2NO3/c15-7-3-6(13(20)8(16)4-7)5-19-10-2-1-9(17)11(12(10)18)14(21)22/h1-5,20H,(H,21,22). The molecule has 0 bridgehead atoms. The summed E-state index contributed by atoms with van der Waals surface area (Å²) >= 11 is 11.5. The quantitative estimate of drug-likeness (QED) is 0.808. The van der Waals surface area contributed by atoms with Crippen LogP contribution in [-0.4, -0.2) is 22.4 Å². The van der Waals surface area contributed by atoms with E-state index in [0.29, 0.717) is 0 Å². The molecule has 0 atom stereocenters. The molecule has 2 N–H and O–H groups in total. The molecule has 8 heteroatoms. The minimum atomic E-state index is -1.75. The Morgan fingerprint density at radius 2 is 1.91 bits per heavy atom. The van der Waals surface area contributed by atoms with Crippen LogP contribution in [0.2, 0.25) is 10.0 Å². The van der Waals surface area contributed by atoms with Gasteiger partial charge in [-0.1, -0.05) is 23.2 Å². The van der Waals surface area contributed by atoms with Crippen LogP contribution in [-0.2, 0) is 0 Å². The average Bonchev–Trinajstić information content (AvgIpc) is 2.42. The number of carboxylic acids is 1. The van der Waals surface area contributed by atoms with Crippen LogP contribution in [0.5, 0.6) is 5.75 Å². The predicted octanol–water partition coefficient (Wildman–Crippen LogP) is 4.43. The Kier molecular flexibility index (Phi) is 4.63. The Morgan fingerprint density at radius 1 is 1.23 bits per heavy atom. The Bertz CT molecular complexity index is 794. The second-order valence-corrected chi connectivity index (χ2v) is 4.99. The number of halogens is 4. The molecule has 4 nitrogen and oxygen atoms in total. The van der Waals surface area contributed by atoms with Gasteiger partial charge in [-0.25, -0.2) is 13.6 Å². The van der Waals surface area contributed by atoms with Gasteiger partial charge in [0.1, 0.15) is 17.1 Å². The summed E-state index contributed by atoms with van der Waals surface area (Å²) in [5.41, 5.74) is -1.42. The summed E-state index contributed by atoms with van der Waals surface area (Å²) in [6.45, 7) is 0. The van der Waals surface area contributed by atoms with Gasteiger partial charge in [0.05, 0.1) is 10.7 Å². The van der Waals surface area contributed by atoms with Crippen molar-refractivity contribution >= 4 is 41.1 Å². The van der Waals surface area contributed by atoms with Crippen LogP contribution < -0.4 is 0 Å². The lowest BCUT2D eigenvalue weighted by Crippen LogP contribution is -2.04. The van der Waals surface area contributed by atoms with Gasteiger partial charge in [-0.3, -0.25) is 4.99 Å². The maximum atomic E-state index is 13.9. The van der Waals surface area contributed by atoms with E-state index in [2.05, 4.69) is 4.99 Å². The predicted molar refractivity (Wildman–Crippen MR) is 78.7 cm³/mol. The van der Waals surface area contributed by atoms with Crippen LogP contribution in [0.15, 0.2) is 29.3 Å². The highest BCUT2D eigenvalue weighted by molar-refractivity contribution is 6.36. The number of aromatic hydroxyl groups is 1. The van der Waals surface area contributed by atoms with Crippen molar-refractivity contribution in [1.29, 1.82) is 0 Å². The lowest BCUT2D eigenvalue weighted by Gasteiger charge is -2.04. The fourth-order valence-electron chi connectivity index (χ4n) is 1.66. The zero-order valence-electron chi connectivity index (χ0n) is 10.6. The molecule has 0 spiro atoms. The zero-order valence-corrected chi connectivity index (χ0v) is 12.2. The number of phenolic OH excluding ortho intramolecular Hbond substituents is 1. The first kappa shape index (κ1) is 16.2. The molecular formula is C14H7Cl2F2NO3. The third kappa shape index (κ3) is 3.18. The highest BCUT2D eigenvalue weighted by Crippen LogP contribution is 2.31. The van der Waals surface area contributed by atoms with Crippen molar-refractivity contribution in [3.05, 3.63) is 57.1 Å². The average molecular weight is 346 g/mol. The molecule has 0 aromatic heterocycles. The van der Waals surface area contributed by atoms with Crippen molar-refractivity contribution in [3.8, 4) is 5.75 Å². The first-order valence-electron chi connectivity index (χ1n) is 5.74. The number of hydrogen-bond donors (Lipinski definition) is 2. The molecule has 0 radical (unpaired) electrons. The van der Waals surface area contributed by atoms with Gasteiger partial charge in [0.25, 0.3) is 0 Å². The minimum absolute atomic E-state index is 0.0280. The maximum Gasteiger partial charge on any atom is 0.341 e. The van der Waals surface area contributed by atoms with Gasteiger partial charge in [0.15, 0.2) is 5.82 Å². The van der Waals surface area contributed by atoms with Crippen molar-refractivity contribution in [3.63, 3.8) is 0 Å². The van der Waals surface area contributed by atoms with E-state index in [1.165, 1.54) is 12.1 Å². The highest BCUT2D eigenvalue weighted by Gasteiger charge is 2.19. The van der Waals surface area contributed by atoms with Crippen LogP contribution in [0, 0.1) is 11.6 Å². The number of nitrogens with zero attached hydrogens (tertiary/aromatic N) is 1. The van der Waals surface area contributed by atoms with E-state index in [4.69, 9.17) is 28.3 Å². The number of carboxylic acid groups (broad SMARTS) is 1. The molecule has 0 fully saturated rings. The molecule has 0 saturated heterocycles. The summed E-state index contributed by atoms with van der Waals surface area (Å²) in [6, 6.07) is 4.38. The van der Waals surface area contributed by atoms with Gasteiger partial charge in [-0.15, -0.1) is 0 Å². The van der Waals surface area contributed by atoms with Crippen molar-refractivity contribution in [1.82, 2.24) is 0 Å². The molecule has 0 amide bonds. The highest BCUT2D eigenvalue weighted by atomic mass is 35.5. The van der Waals surface area contributed by atoms with Crippen LogP contribution in [0.1, 0.15) is 15.9 Å². The van der Waals surface area contributed by atoms with Gasteiger partial charge < -0.3 is 10.2 Å².